The predicted molar refractivity (Wildman–Crippen MR) is 109 cm³/mol. The van der Waals surface area contributed by atoms with E-state index >= 15 is 0 Å². The molecule has 0 bridgehead atoms. The van der Waals surface area contributed by atoms with Crippen molar-refractivity contribution in [3.05, 3.63) is 39.5 Å². The van der Waals surface area contributed by atoms with Gasteiger partial charge >= 0.3 is 0 Å². The predicted octanol–water partition coefficient (Wildman–Crippen LogP) is 3.51. The molecule has 1 aliphatic rings. The molecule has 27 heavy (non-hydrogen) atoms. The van der Waals surface area contributed by atoms with Crippen molar-refractivity contribution in [1.29, 1.82) is 0 Å². The molecule has 3 rings (SSSR count). The number of carbonyl (C=O) groups is 1. The number of rotatable bonds is 5. The maximum absolute atomic E-state index is 12.5. The fourth-order valence-electron chi connectivity index (χ4n) is 3.21. The number of hydrogen-bond donors (Lipinski definition) is 1. The number of hydrogen-bond acceptors (Lipinski definition) is 6. The molecule has 1 saturated heterocycles. The van der Waals surface area contributed by atoms with Crippen LogP contribution in [-0.2, 0) is 11.3 Å². The molecule has 2 atom stereocenters. The smallest absolute Gasteiger partial charge is 0.263 e. The average Bonchev–Trinajstić information content (AvgIpc) is 3.01. The molecule has 6 nitrogen and oxygen atoms in total. The molecule has 2 unspecified atom stereocenters. The highest BCUT2D eigenvalue weighted by molar-refractivity contribution is 7.13. The number of thiazole rings is 1. The number of pyridine rings is 1. The lowest BCUT2D eigenvalue weighted by Gasteiger charge is -2.36. The number of anilines is 1. The van der Waals surface area contributed by atoms with E-state index in [0.717, 1.165) is 35.2 Å². The van der Waals surface area contributed by atoms with E-state index in [4.69, 9.17) is 4.74 Å². The highest BCUT2D eigenvalue weighted by Crippen LogP contribution is 2.24. The van der Waals surface area contributed by atoms with Crippen LogP contribution in [0.3, 0.4) is 0 Å². The van der Waals surface area contributed by atoms with Crippen molar-refractivity contribution < 1.29 is 9.53 Å². The van der Waals surface area contributed by atoms with Gasteiger partial charge in [0.15, 0.2) is 0 Å². The highest BCUT2D eigenvalue weighted by Gasteiger charge is 2.23. The van der Waals surface area contributed by atoms with Crippen LogP contribution in [-0.4, -0.2) is 41.2 Å². The molecule has 2 aromatic rings. The minimum atomic E-state index is -0.0724. The third-order valence-electron chi connectivity index (χ3n) is 4.52. The van der Waals surface area contributed by atoms with Gasteiger partial charge in [0.05, 0.1) is 22.9 Å². The monoisotopic (exact) mass is 388 g/mol. The number of aromatic nitrogens is 2. The van der Waals surface area contributed by atoms with E-state index in [1.807, 2.05) is 25.3 Å². The van der Waals surface area contributed by atoms with Crippen LogP contribution < -0.4 is 10.2 Å². The Labute approximate surface area is 165 Å². The first-order valence-electron chi connectivity index (χ1n) is 9.44. The van der Waals surface area contributed by atoms with Crippen LogP contribution in [0.5, 0.6) is 0 Å². The maximum Gasteiger partial charge on any atom is 0.263 e. The van der Waals surface area contributed by atoms with Gasteiger partial charge in [-0.15, -0.1) is 11.3 Å². The molecule has 0 aliphatic carbocycles. The normalized spacial score (nSPS) is 20.1. The Hall–Kier alpha value is -1.99. The number of nitrogens with zero attached hydrogens (tertiary/aromatic N) is 3. The van der Waals surface area contributed by atoms with Crippen LogP contribution in [0.4, 0.5) is 5.82 Å². The molecule has 3 heterocycles. The van der Waals surface area contributed by atoms with Crippen LogP contribution in [0.1, 0.15) is 59.5 Å². The summed E-state index contributed by atoms with van der Waals surface area (Å²) in [4.78, 5) is 24.5. The second kappa shape index (κ2) is 8.35. The van der Waals surface area contributed by atoms with Crippen molar-refractivity contribution >= 4 is 23.1 Å². The maximum atomic E-state index is 12.5. The number of aryl methyl sites for hydroxylation is 1. The van der Waals surface area contributed by atoms with E-state index in [0.29, 0.717) is 17.3 Å². The number of nitrogens with one attached hydrogen (secondary N) is 1. The van der Waals surface area contributed by atoms with Crippen LogP contribution in [0.15, 0.2) is 18.3 Å². The Bertz CT molecular complexity index is 778. The summed E-state index contributed by atoms with van der Waals surface area (Å²) in [6, 6.07) is 4.04. The third-order valence-corrected chi connectivity index (χ3v) is 5.98. The van der Waals surface area contributed by atoms with E-state index in [-0.39, 0.29) is 18.1 Å². The zero-order valence-electron chi connectivity index (χ0n) is 16.7. The van der Waals surface area contributed by atoms with Crippen LogP contribution in [0.2, 0.25) is 0 Å². The summed E-state index contributed by atoms with van der Waals surface area (Å²) < 4.78 is 5.77. The Morgan fingerprint density at radius 2 is 2.04 bits per heavy atom. The van der Waals surface area contributed by atoms with Crippen molar-refractivity contribution in [2.45, 2.75) is 59.3 Å². The highest BCUT2D eigenvalue weighted by atomic mass is 32.1. The van der Waals surface area contributed by atoms with Gasteiger partial charge in [0.25, 0.3) is 5.91 Å². The molecule has 1 amide bonds. The Balaban J connectivity index is 1.59. The molecule has 146 valence electrons. The third kappa shape index (κ3) is 4.84. The van der Waals surface area contributed by atoms with Gasteiger partial charge in [0.1, 0.15) is 10.7 Å². The van der Waals surface area contributed by atoms with E-state index < -0.39 is 0 Å². The van der Waals surface area contributed by atoms with E-state index in [1.165, 1.54) is 11.3 Å². The molecule has 1 aliphatic heterocycles. The standard InChI is InChI=1S/C20H28N4O2S/c1-12(2)20-23-15(5)18(27-20)19(25)22-9-16-6-7-17(21-8-16)24-10-13(3)26-14(4)11-24/h6-8,12-14H,9-11H2,1-5H3,(H,22,25). The Kier molecular flexibility index (Phi) is 6.11. The summed E-state index contributed by atoms with van der Waals surface area (Å²) in [7, 11) is 0. The number of amides is 1. The lowest BCUT2D eigenvalue weighted by molar-refractivity contribution is -0.00546. The summed E-state index contributed by atoms with van der Waals surface area (Å²) >= 11 is 1.48. The minimum absolute atomic E-state index is 0.0724. The molecule has 0 radical (unpaired) electrons. The molecule has 2 aromatic heterocycles. The summed E-state index contributed by atoms with van der Waals surface area (Å²) in [5, 5.41) is 3.98. The second-order valence-electron chi connectivity index (χ2n) is 7.49. The topological polar surface area (TPSA) is 67.4 Å². The van der Waals surface area contributed by atoms with Crippen molar-refractivity contribution in [3.63, 3.8) is 0 Å². The molecular weight excluding hydrogens is 360 g/mol. The zero-order chi connectivity index (χ0) is 19.6. The molecule has 7 heteroatoms. The van der Waals surface area contributed by atoms with Crippen LogP contribution in [0.25, 0.3) is 0 Å². The SMILES string of the molecule is Cc1nc(C(C)C)sc1C(=O)NCc1ccc(N2CC(C)OC(C)C2)nc1. The molecular formula is C20H28N4O2S. The van der Waals surface area contributed by atoms with Gasteiger partial charge in [-0.3, -0.25) is 4.79 Å². The van der Waals surface area contributed by atoms with Gasteiger partial charge in [-0.2, -0.15) is 0 Å². The number of carbonyl (C=O) groups excluding carboxylic acids is 1. The van der Waals surface area contributed by atoms with Crippen molar-refractivity contribution in [2.24, 2.45) is 0 Å². The Morgan fingerprint density at radius 1 is 1.33 bits per heavy atom. The van der Waals surface area contributed by atoms with Crippen molar-refractivity contribution in [2.75, 3.05) is 18.0 Å². The van der Waals surface area contributed by atoms with Crippen molar-refractivity contribution in [3.8, 4) is 0 Å². The fourth-order valence-corrected chi connectivity index (χ4v) is 4.20. The first kappa shape index (κ1) is 19.8. The van der Waals surface area contributed by atoms with Crippen molar-refractivity contribution in [1.82, 2.24) is 15.3 Å². The molecule has 0 spiro atoms. The number of ether oxygens (including phenoxy) is 1. The summed E-state index contributed by atoms with van der Waals surface area (Å²) in [5.74, 6) is 1.21. The summed E-state index contributed by atoms with van der Waals surface area (Å²) in [6.45, 7) is 12.4. The minimum Gasteiger partial charge on any atom is -0.372 e. The van der Waals surface area contributed by atoms with Gasteiger partial charge in [0, 0.05) is 31.7 Å². The fraction of sp³-hybridized carbons (Fsp3) is 0.550. The molecule has 0 aromatic carbocycles. The van der Waals surface area contributed by atoms with Gasteiger partial charge in [-0.05, 0) is 32.4 Å². The lowest BCUT2D eigenvalue weighted by Crippen LogP contribution is -2.45. The molecule has 1 fully saturated rings. The van der Waals surface area contributed by atoms with Gasteiger partial charge in [-0.1, -0.05) is 19.9 Å². The van der Waals surface area contributed by atoms with E-state index in [9.17, 15) is 4.79 Å². The zero-order valence-corrected chi connectivity index (χ0v) is 17.5. The first-order valence-corrected chi connectivity index (χ1v) is 10.3. The first-order chi connectivity index (χ1) is 12.8. The van der Waals surface area contributed by atoms with Crippen LogP contribution in [0, 0.1) is 6.92 Å². The van der Waals surface area contributed by atoms with Crippen LogP contribution >= 0.6 is 11.3 Å². The quantitative estimate of drug-likeness (QED) is 0.849. The number of morpholine rings is 1. The summed E-state index contributed by atoms with van der Waals surface area (Å²) in [5.41, 5.74) is 1.78. The Morgan fingerprint density at radius 3 is 2.59 bits per heavy atom. The largest absolute Gasteiger partial charge is 0.372 e. The molecule has 1 N–H and O–H groups in total. The van der Waals surface area contributed by atoms with Gasteiger partial charge in [0.2, 0.25) is 0 Å². The van der Waals surface area contributed by atoms with Gasteiger partial charge < -0.3 is 15.0 Å². The second-order valence-corrected chi connectivity index (χ2v) is 8.52. The average molecular weight is 389 g/mol. The molecule has 0 saturated carbocycles. The lowest BCUT2D eigenvalue weighted by atomic mass is 10.2. The van der Waals surface area contributed by atoms with E-state index in [1.54, 1.807) is 0 Å². The van der Waals surface area contributed by atoms with E-state index in [2.05, 4.69) is 47.9 Å². The summed E-state index contributed by atoms with van der Waals surface area (Å²) in [6.07, 6.45) is 2.24. The van der Waals surface area contributed by atoms with Gasteiger partial charge in [-0.25, -0.2) is 9.97 Å².